The van der Waals surface area contributed by atoms with Crippen molar-refractivity contribution in [2.24, 2.45) is 0 Å². The van der Waals surface area contributed by atoms with Crippen molar-refractivity contribution in [1.29, 1.82) is 0 Å². The number of aromatic hydroxyl groups is 2. The quantitative estimate of drug-likeness (QED) is 0.797. The van der Waals surface area contributed by atoms with Gasteiger partial charge in [-0.25, -0.2) is 0 Å². The summed E-state index contributed by atoms with van der Waals surface area (Å²) < 4.78 is 0. The third kappa shape index (κ3) is 2.16. The molecule has 0 aromatic heterocycles. The van der Waals surface area contributed by atoms with Gasteiger partial charge in [-0.15, -0.1) is 0 Å². The van der Waals surface area contributed by atoms with Gasteiger partial charge in [0.05, 0.1) is 0 Å². The lowest BCUT2D eigenvalue weighted by Crippen LogP contribution is -2.05. The van der Waals surface area contributed by atoms with Crippen LogP contribution in [0, 0.1) is 0 Å². The topological polar surface area (TPSA) is 40.5 Å². The first kappa shape index (κ1) is 11.3. The summed E-state index contributed by atoms with van der Waals surface area (Å²) in [5.74, 6) is 0.909. The highest BCUT2D eigenvalue weighted by Gasteiger charge is 2.22. The van der Waals surface area contributed by atoms with Crippen LogP contribution in [0.5, 0.6) is 11.5 Å². The summed E-state index contributed by atoms with van der Waals surface area (Å²) in [7, 11) is 0. The Bertz CT molecular complexity index is 342. The van der Waals surface area contributed by atoms with E-state index in [2.05, 4.69) is 0 Å². The Morgan fingerprint density at radius 2 is 1.62 bits per heavy atom. The van der Waals surface area contributed by atoms with E-state index in [-0.39, 0.29) is 11.5 Å². The minimum atomic E-state index is 0.281. The van der Waals surface area contributed by atoms with E-state index in [1.54, 1.807) is 12.1 Å². The van der Waals surface area contributed by atoms with Crippen molar-refractivity contribution in [3.05, 3.63) is 23.3 Å². The van der Waals surface area contributed by atoms with E-state index >= 15 is 0 Å². The third-order valence-electron chi connectivity index (χ3n) is 3.62. The number of phenolic OH excluding ortho intramolecular Hbond substituents is 2. The second kappa shape index (κ2) is 4.77. The first-order chi connectivity index (χ1) is 7.72. The molecule has 0 saturated heterocycles. The van der Waals surface area contributed by atoms with Gasteiger partial charge in [0.2, 0.25) is 0 Å². The zero-order chi connectivity index (χ0) is 11.5. The molecule has 16 heavy (non-hydrogen) atoms. The van der Waals surface area contributed by atoms with Crippen molar-refractivity contribution in [1.82, 2.24) is 0 Å². The molecule has 1 aliphatic carbocycles. The molecular weight excluding hydrogens is 200 g/mol. The standard InChI is InChI=1S/C14H20O2/c1-2-10-8-12(15)14(13(16)9-10)11-6-4-3-5-7-11/h8-9,11,15-16H,2-7H2,1H3. The van der Waals surface area contributed by atoms with Crippen LogP contribution < -0.4 is 0 Å². The van der Waals surface area contributed by atoms with Gasteiger partial charge < -0.3 is 10.2 Å². The fourth-order valence-corrected chi connectivity index (χ4v) is 2.69. The van der Waals surface area contributed by atoms with Gasteiger partial charge in [0.1, 0.15) is 11.5 Å². The van der Waals surface area contributed by atoms with Crippen molar-refractivity contribution in [2.45, 2.75) is 51.4 Å². The second-order valence-corrected chi connectivity index (χ2v) is 4.74. The van der Waals surface area contributed by atoms with Crippen LogP contribution in [0.1, 0.15) is 56.1 Å². The maximum atomic E-state index is 10.00. The number of benzene rings is 1. The molecule has 0 amide bonds. The molecule has 1 aliphatic rings. The van der Waals surface area contributed by atoms with Gasteiger partial charge in [0, 0.05) is 5.56 Å². The first-order valence-electron chi connectivity index (χ1n) is 6.27. The van der Waals surface area contributed by atoms with Gasteiger partial charge in [-0.3, -0.25) is 0 Å². The maximum Gasteiger partial charge on any atom is 0.123 e. The van der Waals surface area contributed by atoms with Gasteiger partial charge in [0.25, 0.3) is 0 Å². The minimum Gasteiger partial charge on any atom is -0.508 e. The average Bonchev–Trinajstić information content (AvgIpc) is 2.29. The molecule has 0 radical (unpaired) electrons. The summed E-state index contributed by atoms with van der Waals surface area (Å²) >= 11 is 0. The van der Waals surface area contributed by atoms with Crippen LogP contribution in [0.3, 0.4) is 0 Å². The molecule has 0 atom stereocenters. The Kier molecular flexibility index (Phi) is 3.37. The predicted octanol–water partition coefficient (Wildman–Crippen LogP) is 3.71. The number of hydrogen-bond donors (Lipinski definition) is 2. The highest BCUT2D eigenvalue weighted by molar-refractivity contribution is 5.48. The Morgan fingerprint density at radius 3 is 2.12 bits per heavy atom. The highest BCUT2D eigenvalue weighted by atomic mass is 16.3. The number of phenols is 2. The van der Waals surface area contributed by atoms with Crippen molar-refractivity contribution in [3.63, 3.8) is 0 Å². The van der Waals surface area contributed by atoms with Crippen molar-refractivity contribution in [2.75, 3.05) is 0 Å². The molecule has 1 aromatic carbocycles. The van der Waals surface area contributed by atoms with Crippen LogP contribution in [0.2, 0.25) is 0 Å². The molecule has 0 heterocycles. The molecule has 88 valence electrons. The predicted molar refractivity (Wildman–Crippen MR) is 65.0 cm³/mol. The Labute approximate surface area is 96.9 Å². The fourth-order valence-electron chi connectivity index (χ4n) is 2.69. The van der Waals surface area contributed by atoms with Gasteiger partial charge in [-0.1, -0.05) is 26.2 Å². The molecule has 2 heteroatoms. The minimum absolute atomic E-state index is 0.281. The SMILES string of the molecule is CCc1cc(O)c(C2CCCCC2)c(O)c1. The van der Waals surface area contributed by atoms with E-state index in [0.717, 1.165) is 30.4 Å². The molecule has 0 unspecified atom stereocenters. The second-order valence-electron chi connectivity index (χ2n) is 4.74. The molecule has 2 N–H and O–H groups in total. The van der Waals surface area contributed by atoms with Crippen molar-refractivity contribution >= 4 is 0 Å². The first-order valence-corrected chi connectivity index (χ1v) is 6.27. The summed E-state index contributed by atoms with van der Waals surface area (Å²) in [5, 5.41) is 20.0. The van der Waals surface area contributed by atoms with E-state index in [0.29, 0.717) is 5.92 Å². The monoisotopic (exact) mass is 220 g/mol. The molecule has 0 aliphatic heterocycles. The largest absolute Gasteiger partial charge is 0.508 e. The van der Waals surface area contributed by atoms with Gasteiger partial charge in [0.15, 0.2) is 0 Å². The van der Waals surface area contributed by atoms with Crippen molar-refractivity contribution < 1.29 is 10.2 Å². The summed E-state index contributed by atoms with van der Waals surface area (Å²) in [6, 6.07) is 3.59. The molecule has 1 fully saturated rings. The Balaban J connectivity index is 2.32. The highest BCUT2D eigenvalue weighted by Crippen LogP contribution is 2.42. The number of hydrogen-bond acceptors (Lipinski definition) is 2. The van der Waals surface area contributed by atoms with E-state index in [1.807, 2.05) is 6.92 Å². The van der Waals surface area contributed by atoms with Crippen LogP contribution in [0.4, 0.5) is 0 Å². The lowest BCUT2D eigenvalue weighted by atomic mass is 9.83. The normalized spacial score (nSPS) is 17.6. The molecule has 1 saturated carbocycles. The van der Waals surface area contributed by atoms with E-state index in [4.69, 9.17) is 0 Å². The van der Waals surface area contributed by atoms with Crippen LogP contribution in [0.25, 0.3) is 0 Å². The summed E-state index contributed by atoms with van der Waals surface area (Å²) in [4.78, 5) is 0. The smallest absolute Gasteiger partial charge is 0.123 e. The van der Waals surface area contributed by atoms with Crippen LogP contribution in [0.15, 0.2) is 12.1 Å². The molecule has 1 aromatic rings. The Hall–Kier alpha value is -1.18. The van der Waals surface area contributed by atoms with Crippen LogP contribution in [-0.2, 0) is 6.42 Å². The van der Waals surface area contributed by atoms with Crippen LogP contribution in [-0.4, -0.2) is 10.2 Å². The molecule has 2 nitrogen and oxygen atoms in total. The molecular formula is C14H20O2. The van der Waals surface area contributed by atoms with Crippen molar-refractivity contribution in [3.8, 4) is 11.5 Å². The zero-order valence-electron chi connectivity index (χ0n) is 9.87. The molecule has 0 bridgehead atoms. The summed E-state index contributed by atoms with van der Waals surface area (Å²) in [6.45, 7) is 2.02. The van der Waals surface area contributed by atoms with E-state index in [1.165, 1.54) is 19.3 Å². The maximum absolute atomic E-state index is 10.00. The van der Waals surface area contributed by atoms with Crippen LogP contribution >= 0.6 is 0 Å². The molecule has 0 spiro atoms. The lowest BCUT2D eigenvalue weighted by Gasteiger charge is -2.23. The van der Waals surface area contributed by atoms with E-state index in [9.17, 15) is 10.2 Å². The Morgan fingerprint density at radius 1 is 1.06 bits per heavy atom. The van der Waals surface area contributed by atoms with Gasteiger partial charge in [-0.05, 0) is 42.9 Å². The van der Waals surface area contributed by atoms with E-state index < -0.39 is 0 Å². The van der Waals surface area contributed by atoms with Gasteiger partial charge in [-0.2, -0.15) is 0 Å². The number of aryl methyl sites for hydroxylation is 1. The summed E-state index contributed by atoms with van der Waals surface area (Å²) in [6.07, 6.45) is 6.72. The zero-order valence-corrected chi connectivity index (χ0v) is 9.87. The van der Waals surface area contributed by atoms with Gasteiger partial charge >= 0.3 is 0 Å². The average molecular weight is 220 g/mol. The third-order valence-corrected chi connectivity index (χ3v) is 3.62. The summed E-state index contributed by atoms with van der Waals surface area (Å²) in [5.41, 5.74) is 1.77. The fraction of sp³-hybridized carbons (Fsp3) is 0.571. The lowest BCUT2D eigenvalue weighted by molar-refractivity contribution is 0.389. The number of rotatable bonds is 2. The molecule has 2 rings (SSSR count).